The van der Waals surface area contributed by atoms with Crippen molar-refractivity contribution in [3.05, 3.63) is 63.0 Å². The number of fused-ring (bicyclic) bond motifs is 1. The van der Waals surface area contributed by atoms with Crippen LogP contribution < -0.4 is 4.74 Å². The summed E-state index contributed by atoms with van der Waals surface area (Å²) < 4.78 is 51.1. The number of unbranched alkanes of at least 4 members (excludes halogenated alkanes) is 1. The average molecular weight is 527 g/mol. The number of aryl methyl sites for hydroxylation is 1. The highest BCUT2D eigenvalue weighted by Crippen LogP contribution is 2.41. The topological polar surface area (TPSA) is 35.5 Å². The Bertz CT molecular complexity index is 1160. The number of halogens is 4. The molecular weight excluding hydrogens is 497 g/mol. The maximum atomic E-state index is 13.2. The number of rotatable bonds is 11. The average Bonchev–Trinajstić information content (AvgIpc) is 3.12. The molecular formula is C27H30ClF3O3S. The van der Waals surface area contributed by atoms with E-state index in [1.807, 2.05) is 6.92 Å². The summed E-state index contributed by atoms with van der Waals surface area (Å²) in [5.74, 6) is 0.414. The third-order valence-corrected chi connectivity index (χ3v) is 7.67. The second-order valence-electron chi connectivity index (χ2n) is 8.52. The van der Waals surface area contributed by atoms with Gasteiger partial charge in [0.1, 0.15) is 5.75 Å². The fourth-order valence-corrected chi connectivity index (χ4v) is 5.81. The van der Waals surface area contributed by atoms with Crippen LogP contribution in [-0.2, 0) is 22.1 Å². The molecule has 1 unspecified atom stereocenters. The summed E-state index contributed by atoms with van der Waals surface area (Å²) in [6.07, 6.45) is -0.490. The number of ether oxygens (including phenoxy) is 2. The van der Waals surface area contributed by atoms with Gasteiger partial charge in [-0.3, -0.25) is 4.79 Å². The van der Waals surface area contributed by atoms with E-state index in [4.69, 9.17) is 21.1 Å². The van der Waals surface area contributed by atoms with Gasteiger partial charge in [0.15, 0.2) is 0 Å². The van der Waals surface area contributed by atoms with E-state index in [1.54, 1.807) is 31.2 Å². The zero-order valence-corrected chi connectivity index (χ0v) is 21.7. The van der Waals surface area contributed by atoms with Gasteiger partial charge in [-0.05, 0) is 73.4 Å². The first-order valence-corrected chi connectivity index (χ1v) is 13.0. The van der Waals surface area contributed by atoms with E-state index < -0.39 is 11.7 Å². The van der Waals surface area contributed by atoms with Gasteiger partial charge in [-0.2, -0.15) is 13.2 Å². The Hall–Kier alpha value is -2.25. The number of hydrogen-bond donors (Lipinski definition) is 0. The second kappa shape index (κ2) is 12.1. The van der Waals surface area contributed by atoms with Crippen molar-refractivity contribution >= 4 is 39.0 Å². The maximum Gasteiger partial charge on any atom is 0.416 e. The highest BCUT2D eigenvalue weighted by atomic mass is 35.5. The van der Waals surface area contributed by atoms with Crippen LogP contribution in [-0.4, -0.2) is 19.2 Å². The second-order valence-corrected chi connectivity index (χ2v) is 10.0. The van der Waals surface area contributed by atoms with E-state index in [9.17, 15) is 18.0 Å². The van der Waals surface area contributed by atoms with Crippen LogP contribution in [0.25, 0.3) is 10.1 Å². The van der Waals surface area contributed by atoms with E-state index in [0.717, 1.165) is 53.1 Å². The quantitative estimate of drug-likeness (QED) is 0.234. The number of benzene rings is 2. The molecule has 0 spiro atoms. The Morgan fingerprint density at radius 3 is 2.54 bits per heavy atom. The predicted octanol–water partition coefficient (Wildman–Crippen LogP) is 8.73. The van der Waals surface area contributed by atoms with Crippen molar-refractivity contribution in [3.8, 4) is 5.75 Å². The Labute approximate surface area is 213 Å². The van der Waals surface area contributed by atoms with Crippen LogP contribution in [0.4, 0.5) is 13.2 Å². The lowest BCUT2D eigenvalue weighted by atomic mass is 9.94. The fourth-order valence-electron chi connectivity index (χ4n) is 4.13. The lowest BCUT2D eigenvalue weighted by Gasteiger charge is -2.17. The summed E-state index contributed by atoms with van der Waals surface area (Å²) >= 11 is 7.82. The van der Waals surface area contributed by atoms with Gasteiger partial charge in [0.05, 0.1) is 30.2 Å². The minimum atomic E-state index is -4.35. The van der Waals surface area contributed by atoms with Crippen molar-refractivity contribution in [3.63, 3.8) is 0 Å². The van der Waals surface area contributed by atoms with Crippen molar-refractivity contribution < 1.29 is 27.4 Å². The Balaban J connectivity index is 1.72. The molecule has 0 N–H and O–H groups in total. The molecule has 8 heteroatoms. The summed E-state index contributed by atoms with van der Waals surface area (Å²) in [7, 11) is 0. The smallest absolute Gasteiger partial charge is 0.416 e. The lowest BCUT2D eigenvalue weighted by Crippen LogP contribution is -2.08. The molecule has 0 radical (unpaired) electrons. The summed E-state index contributed by atoms with van der Waals surface area (Å²) in [5.41, 5.74) is 1.18. The molecule has 1 aromatic heterocycles. The molecule has 1 atom stereocenters. The van der Waals surface area contributed by atoms with Crippen LogP contribution in [0.2, 0.25) is 5.02 Å². The molecule has 0 aliphatic carbocycles. The van der Waals surface area contributed by atoms with E-state index in [2.05, 4.69) is 6.92 Å². The molecule has 0 aliphatic rings. The molecule has 0 bridgehead atoms. The molecule has 3 nitrogen and oxygen atoms in total. The molecule has 0 fully saturated rings. The summed E-state index contributed by atoms with van der Waals surface area (Å²) in [6.45, 7) is 6.62. The Morgan fingerprint density at radius 1 is 1.11 bits per heavy atom. The first-order valence-electron chi connectivity index (χ1n) is 11.8. The van der Waals surface area contributed by atoms with Crippen molar-refractivity contribution in [2.75, 3.05) is 13.2 Å². The first-order chi connectivity index (χ1) is 16.6. The van der Waals surface area contributed by atoms with Crippen LogP contribution in [0.3, 0.4) is 0 Å². The van der Waals surface area contributed by atoms with Crippen LogP contribution >= 0.6 is 22.9 Å². The predicted molar refractivity (Wildman–Crippen MR) is 136 cm³/mol. The summed E-state index contributed by atoms with van der Waals surface area (Å²) in [6, 6.07) is 9.24. The summed E-state index contributed by atoms with van der Waals surface area (Å²) in [4.78, 5) is 12.8. The van der Waals surface area contributed by atoms with Gasteiger partial charge in [0, 0.05) is 9.58 Å². The van der Waals surface area contributed by atoms with Gasteiger partial charge in [0.2, 0.25) is 0 Å². The van der Waals surface area contributed by atoms with Gasteiger partial charge in [-0.1, -0.05) is 43.5 Å². The van der Waals surface area contributed by atoms with E-state index >= 15 is 0 Å². The first kappa shape index (κ1) is 27.3. The minimum absolute atomic E-state index is 0.147. The standard InChI is InChI=1S/C27H30ClF3O3S/c1-4-6-7-19(26-17(3)21-10-9-20(27(29,30)31)16-24(21)35-26)12-13-34-23-11-8-18(14-22(23)28)15-25(32)33-5-2/h8-11,14,16,19H,4-7,12-13,15H2,1-3H3. The Morgan fingerprint density at radius 2 is 1.89 bits per heavy atom. The highest BCUT2D eigenvalue weighted by molar-refractivity contribution is 7.19. The van der Waals surface area contributed by atoms with E-state index in [1.165, 1.54) is 17.4 Å². The van der Waals surface area contributed by atoms with Crippen molar-refractivity contribution in [2.45, 2.75) is 65.0 Å². The number of hydrogen-bond acceptors (Lipinski definition) is 4. The summed E-state index contributed by atoms with van der Waals surface area (Å²) in [5, 5.41) is 1.30. The zero-order valence-electron chi connectivity index (χ0n) is 20.1. The molecule has 0 saturated carbocycles. The maximum absolute atomic E-state index is 13.2. The van der Waals surface area contributed by atoms with Gasteiger partial charge in [-0.25, -0.2) is 0 Å². The van der Waals surface area contributed by atoms with Crippen LogP contribution in [0.5, 0.6) is 5.75 Å². The molecule has 0 aliphatic heterocycles. The normalized spacial score (nSPS) is 12.7. The number of carbonyl (C=O) groups is 1. The molecule has 3 aromatic rings. The third-order valence-electron chi connectivity index (χ3n) is 5.95. The molecule has 2 aromatic carbocycles. The van der Waals surface area contributed by atoms with Gasteiger partial charge < -0.3 is 9.47 Å². The molecule has 0 amide bonds. The molecule has 0 saturated heterocycles. The monoisotopic (exact) mass is 526 g/mol. The molecule has 35 heavy (non-hydrogen) atoms. The van der Waals surface area contributed by atoms with Crippen LogP contribution in [0, 0.1) is 6.92 Å². The van der Waals surface area contributed by atoms with Crippen molar-refractivity contribution in [1.29, 1.82) is 0 Å². The molecule has 190 valence electrons. The van der Waals surface area contributed by atoms with Crippen molar-refractivity contribution in [1.82, 2.24) is 0 Å². The third kappa shape index (κ3) is 7.14. The van der Waals surface area contributed by atoms with Gasteiger partial charge in [-0.15, -0.1) is 11.3 Å². The van der Waals surface area contributed by atoms with Crippen LogP contribution in [0.1, 0.15) is 67.0 Å². The molecule has 3 rings (SSSR count). The zero-order chi connectivity index (χ0) is 25.6. The molecule has 1 heterocycles. The van der Waals surface area contributed by atoms with E-state index in [0.29, 0.717) is 28.7 Å². The fraction of sp³-hybridized carbons (Fsp3) is 0.444. The van der Waals surface area contributed by atoms with Crippen molar-refractivity contribution in [2.24, 2.45) is 0 Å². The Kier molecular flexibility index (Phi) is 9.47. The van der Waals surface area contributed by atoms with Crippen LogP contribution in [0.15, 0.2) is 36.4 Å². The van der Waals surface area contributed by atoms with Gasteiger partial charge in [0.25, 0.3) is 0 Å². The number of carbonyl (C=O) groups excluding carboxylic acids is 1. The van der Waals surface area contributed by atoms with Gasteiger partial charge >= 0.3 is 12.1 Å². The lowest BCUT2D eigenvalue weighted by molar-refractivity contribution is -0.142. The number of thiophene rings is 1. The minimum Gasteiger partial charge on any atom is -0.492 e. The van der Waals surface area contributed by atoms with E-state index in [-0.39, 0.29) is 18.3 Å². The number of esters is 1. The SMILES string of the molecule is CCCCC(CCOc1ccc(CC(=O)OCC)cc1Cl)c1sc2cc(C(F)(F)F)ccc2c1C. The number of alkyl halides is 3. The highest BCUT2D eigenvalue weighted by Gasteiger charge is 2.31. The largest absolute Gasteiger partial charge is 0.492 e.